The van der Waals surface area contributed by atoms with Crippen molar-refractivity contribution in [3.05, 3.63) is 71.1 Å². The molecule has 1 aromatic heterocycles. The van der Waals surface area contributed by atoms with Gasteiger partial charge in [0, 0.05) is 30.9 Å². The molecule has 0 aliphatic rings. The van der Waals surface area contributed by atoms with Crippen LogP contribution in [0.1, 0.15) is 0 Å². The van der Waals surface area contributed by atoms with Crippen LogP contribution in [-0.2, 0) is 16.1 Å². The maximum atomic E-state index is 12.5. The lowest BCUT2D eigenvalue weighted by Crippen LogP contribution is -2.22. The fourth-order valence-corrected chi connectivity index (χ4v) is 2.64. The number of fused-ring (bicyclic) bond motifs is 1. The van der Waals surface area contributed by atoms with Gasteiger partial charge in [0.25, 0.3) is 11.5 Å². The molecule has 0 atom stereocenters. The number of hydrogen-bond acceptors (Lipinski definition) is 4. The van der Waals surface area contributed by atoms with Crippen LogP contribution >= 0.6 is 0 Å². The number of para-hydroxylation sites is 1. The first-order valence-corrected chi connectivity index (χ1v) is 8.28. The van der Waals surface area contributed by atoms with E-state index in [-0.39, 0.29) is 18.1 Å². The average molecular weight is 352 g/mol. The predicted molar refractivity (Wildman–Crippen MR) is 101 cm³/mol. The first kappa shape index (κ1) is 17.7. The highest BCUT2D eigenvalue weighted by Gasteiger charge is 2.09. The maximum absolute atomic E-state index is 12.5. The van der Waals surface area contributed by atoms with Crippen LogP contribution in [0.2, 0.25) is 0 Å². The molecule has 26 heavy (non-hydrogen) atoms. The molecule has 0 saturated carbocycles. The van der Waals surface area contributed by atoms with E-state index in [0.717, 1.165) is 0 Å². The maximum Gasteiger partial charge on any atom is 0.262 e. The van der Waals surface area contributed by atoms with E-state index in [1.165, 1.54) is 0 Å². The second kappa shape index (κ2) is 8.31. The van der Waals surface area contributed by atoms with E-state index in [1.54, 1.807) is 48.2 Å². The Kier molecular flexibility index (Phi) is 5.66. The van der Waals surface area contributed by atoms with Gasteiger partial charge in [-0.3, -0.25) is 9.59 Å². The summed E-state index contributed by atoms with van der Waals surface area (Å²) in [5.41, 5.74) is 0.596. The number of anilines is 1. The number of pyridine rings is 1. The highest BCUT2D eigenvalue weighted by molar-refractivity contribution is 5.92. The van der Waals surface area contributed by atoms with Gasteiger partial charge >= 0.3 is 0 Å². The van der Waals surface area contributed by atoms with E-state index < -0.39 is 0 Å². The Morgan fingerprint density at radius 1 is 1.04 bits per heavy atom. The molecule has 1 heterocycles. The smallest absolute Gasteiger partial charge is 0.262 e. The number of carbonyl (C=O) groups is 1. The molecule has 0 bridgehead atoms. The monoisotopic (exact) mass is 352 g/mol. The van der Waals surface area contributed by atoms with Crippen molar-refractivity contribution < 1.29 is 14.3 Å². The number of rotatable bonds is 7. The van der Waals surface area contributed by atoms with E-state index >= 15 is 0 Å². The van der Waals surface area contributed by atoms with Crippen molar-refractivity contribution >= 4 is 22.4 Å². The zero-order chi connectivity index (χ0) is 18.4. The first-order valence-electron chi connectivity index (χ1n) is 8.28. The number of methoxy groups -OCH3 is 1. The highest BCUT2D eigenvalue weighted by atomic mass is 16.5. The summed E-state index contributed by atoms with van der Waals surface area (Å²) in [5, 5.41) is 3.99. The standard InChI is InChI=1S/C20H20N2O4/c1-25-13-12-22-11-10-16-17(20(22)24)8-5-9-18(16)26-14-19(23)21-15-6-3-2-4-7-15/h2-11H,12-14H2,1H3,(H,21,23). The SMILES string of the molecule is COCCn1ccc2c(OCC(=O)Nc3ccccc3)cccc2c1=O. The van der Waals surface area contributed by atoms with Crippen LogP contribution in [0, 0.1) is 0 Å². The zero-order valence-corrected chi connectivity index (χ0v) is 14.5. The molecule has 0 spiro atoms. The van der Waals surface area contributed by atoms with Crippen molar-refractivity contribution in [2.24, 2.45) is 0 Å². The van der Waals surface area contributed by atoms with Gasteiger partial charge in [-0.1, -0.05) is 24.3 Å². The van der Waals surface area contributed by atoms with Crippen LogP contribution in [0.5, 0.6) is 5.75 Å². The molecule has 1 amide bonds. The lowest BCUT2D eigenvalue weighted by atomic mass is 10.1. The van der Waals surface area contributed by atoms with Gasteiger partial charge in [0.15, 0.2) is 6.61 Å². The first-order chi connectivity index (χ1) is 12.7. The largest absolute Gasteiger partial charge is 0.483 e. The predicted octanol–water partition coefficient (Wildman–Crippen LogP) is 2.67. The van der Waals surface area contributed by atoms with E-state index in [4.69, 9.17) is 9.47 Å². The van der Waals surface area contributed by atoms with Crippen LogP contribution < -0.4 is 15.6 Å². The van der Waals surface area contributed by atoms with Gasteiger partial charge in [0.1, 0.15) is 5.75 Å². The zero-order valence-electron chi connectivity index (χ0n) is 14.5. The third-order valence-electron chi connectivity index (χ3n) is 3.93. The number of amides is 1. The van der Waals surface area contributed by atoms with Crippen LogP contribution in [0.25, 0.3) is 10.8 Å². The number of benzene rings is 2. The number of nitrogens with zero attached hydrogens (tertiary/aromatic N) is 1. The summed E-state index contributed by atoms with van der Waals surface area (Å²) in [7, 11) is 1.60. The lowest BCUT2D eigenvalue weighted by molar-refractivity contribution is -0.118. The van der Waals surface area contributed by atoms with Crippen molar-refractivity contribution in [1.29, 1.82) is 0 Å². The van der Waals surface area contributed by atoms with E-state index in [9.17, 15) is 9.59 Å². The molecule has 0 unspecified atom stereocenters. The molecule has 6 heteroatoms. The molecule has 0 radical (unpaired) electrons. The van der Waals surface area contributed by atoms with Crippen LogP contribution in [0.15, 0.2) is 65.6 Å². The van der Waals surface area contributed by atoms with Gasteiger partial charge in [-0.25, -0.2) is 0 Å². The minimum atomic E-state index is -0.262. The number of ether oxygens (including phenoxy) is 2. The van der Waals surface area contributed by atoms with Gasteiger partial charge in [-0.05, 0) is 30.3 Å². The second-order valence-electron chi connectivity index (χ2n) is 5.73. The molecule has 134 valence electrons. The van der Waals surface area contributed by atoms with Gasteiger partial charge in [-0.15, -0.1) is 0 Å². The molecule has 0 aliphatic heterocycles. The number of hydrogen-bond donors (Lipinski definition) is 1. The molecule has 1 N–H and O–H groups in total. The Morgan fingerprint density at radius 2 is 1.85 bits per heavy atom. The van der Waals surface area contributed by atoms with E-state index in [2.05, 4.69) is 5.32 Å². The van der Waals surface area contributed by atoms with Crippen LogP contribution in [0.3, 0.4) is 0 Å². The fraction of sp³-hybridized carbons (Fsp3) is 0.200. The normalized spacial score (nSPS) is 10.7. The Hall–Kier alpha value is -3.12. The van der Waals surface area contributed by atoms with Gasteiger partial charge in [0.2, 0.25) is 0 Å². The van der Waals surface area contributed by atoms with Gasteiger partial charge in [0.05, 0.1) is 12.0 Å². The molecule has 2 aromatic carbocycles. The van der Waals surface area contributed by atoms with Gasteiger partial charge < -0.3 is 19.4 Å². The lowest BCUT2D eigenvalue weighted by Gasteiger charge is -2.11. The summed E-state index contributed by atoms with van der Waals surface area (Å²) < 4.78 is 12.3. The van der Waals surface area contributed by atoms with Gasteiger partial charge in [-0.2, -0.15) is 0 Å². The topological polar surface area (TPSA) is 69.6 Å². The summed E-state index contributed by atoms with van der Waals surface area (Å²) >= 11 is 0. The highest BCUT2D eigenvalue weighted by Crippen LogP contribution is 2.23. The van der Waals surface area contributed by atoms with E-state index in [1.807, 2.05) is 24.3 Å². The van der Waals surface area contributed by atoms with Crippen molar-refractivity contribution in [2.75, 3.05) is 25.6 Å². The Morgan fingerprint density at radius 3 is 2.62 bits per heavy atom. The molecule has 6 nitrogen and oxygen atoms in total. The quantitative estimate of drug-likeness (QED) is 0.710. The minimum absolute atomic E-state index is 0.112. The van der Waals surface area contributed by atoms with E-state index in [0.29, 0.717) is 35.4 Å². The Balaban J connectivity index is 1.75. The summed E-state index contributed by atoms with van der Waals surface area (Å²) in [6.45, 7) is 0.803. The number of aromatic nitrogens is 1. The van der Waals surface area contributed by atoms with Crippen molar-refractivity contribution in [2.45, 2.75) is 6.54 Å². The summed E-state index contributed by atoms with van der Waals surface area (Å²) in [6.07, 6.45) is 1.71. The summed E-state index contributed by atoms with van der Waals surface area (Å²) in [4.78, 5) is 24.6. The molecular formula is C20H20N2O4. The van der Waals surface area contributed by atoms with Crippen molar-refractivity contribution in [3.8, 4) is 5.75 Å². The molecule has 0 fully saturated rings. The minimum Gasteiger partial charge on any atom is -0.483 e. The third kappa shape index (κ3) is 4.10. The molecular weight excluding hydrogens is 332 g/mol. The average Bonchev–Trinajstić information content (AvgIpc) is 2.67. The third-order valence-corrected chi connectivity index (χ3v) is 3.93. The van der Waals surface area contributed by atoms with Crippen LogP contribution in [0.4, 0.5) is 5.69 Å². The van der Waals surface area contributed by atoms with Crippen LogP contribution in [-0.4, -0.2) is 30.8 Å². The molecule has 3 aromatic rings. The molecule has 0 aliphatic carbocycles. The Bertz CT molecular complexity index is 951. The fourth-order valence-electron chi connectivity index (χ4n) is 2.64. The second-order valence-corrected chi connectivity index (χ2v) is 5.73. The van der Waals surface area contributed by atoms with Crippen molar-refractivity contribution in [1.82, 2.24) is 4.57 Å². The molecule has 0 saturated heterocycles. The summed E-state index contributed by atoms with van der Waals surface area (Å²) in [6, 6.07) is 16.2. The molecule has 3 rings (SSSR count). The number of nitrogens with one attached hydrogen (secondary N) is 1. The summed E-state index contributed by atoms with van der Waals surface area (Å²) in [5.74, 6) is 0.239. The number of carbonyl (C=O) groups excluding carboxylic acids is 1. The van der Waals surface area contributed by atoms with Crippen molar-refractivity contribution in [3.63, 3.8) is 0 Å². The Labute approximate surface area is 151 Å².